The van der Waals surface area contributed by atoms with Crippen molar-refractivity contribution in [3.63, 3.8) is 0 Å². The van der Waals surface area contributed by atoms with E-state index in [0.717, 1.165) is 24.2 Å². The molecule has 0 unspecified atom stereocenters. The van der Waals surface area contributed by atoms with Crippen LogP contribution in [0.5, 0.6) is 0 Å². The minimum absolute atomic E-state index is 1.05. The molecule has 0 amide bonds. The second-order valence-corrected chi connectivity index (χ2v) is 12.3. The molecule has 0 aromatic heterocycles. The predicted molar refractivity (Wildman–Crippen MR) is 204 cm³/mol. The highest BCUT2D eigenvalue weighted by atomic mass is 15.1. The summed E-state index contributed by atoms with van der Waals surface area (Å²) in [5.41, 5.74) is 8.46. The fourth-order valence-electron chi connectivity index (χ4n) is 7.30. The average molecular weight is 604 g/mol. The van der Waals surface area contributed by atoms with E-state index in [-0.39, 0.29) is 0 Å². The monoisotopic (exact) mass is 603 g/mol. The van der Waals surface area contributed by atoms with Gasteiger partial charge in [0, 0.05) is 17.1 Å². The van der Waals surface area contributed by atoms with Gasteiger partial charge in [-0.05, 0) is 128 Å². The van der Waals surface area contributed by atoms with Crippen molar-refractivity contribution in [3.05, 3.63) is 168 Å². The van der Waals surface area contributed by atoms with Gasteiger partial charge in [0.05, 0.1) is 0 Å². The summed E-state index contributed by atoms with van der Waals surface area (Å²) in [6.07, 6.45) is 13.4. The molecule has 0 heterocycles. The number of rotatable bonds is 5. The topological polar surface area (TPSA) is 3.24 Å². The van der Waals surface area contributed by atoms with Crippen LogP contribution in [0.4, 0.5) is 11.4 Å². The van der Waals surface area contributed by atoms with Crippen LogP contribution < -0.4 is 15.3 Å². The molecule has 0 N–H and O–H groups in total. The number of fused-ring (bicyclic) bond motifs is 6. The minimum atomic E-state index is 1.05. The highest BCUT2D eigenvalue weighted by Gasteiger charge is 2.16. The summed E-state index contributed by atoms with van der Waals surface area (Å²) >= 11 is 0. The normalized spacial score (nSPS) is 13.9. The summed E-state index contributed by atoms with van der Waals surface area (Å²) in [5, 5.41) is 10.4. The van der Waals surface area contributed by atoms with Crippen molar-refractivity contribution in [3.8, 4) is 22.3 Å². The van der Waals surface area contributed by atoms with Crippen molar-refractivity contribution in [1.29, 1.82) is 0 Å². The lowest BCUT2D eigenvalue weighted by molar-refractivity contribution is 0.997. The van der Waals surface area contributed by atoms with E-state index in [2.05, 4.69) is 183 Å². The number of anilines is 2. The molecule has 0 fully saturated rings. The number of allylic oxidation sites excluding steroid dienone is 3. The molecule has 47 heavy (non-hydrogen) atoms. The molecular formula is C46H37N. The maximum atomic E-state index is 2.38. The van der Waals surface area contributed by atoms with Crippen LogP contribution in [-0.2, 0) is 0 Å². The highest BCUT2D eigenvalue weighted by molar-refractivity contribution is 6.25. The van der Waals surface area contributed by atoms with Crippen LogP contribution in [0.2, 0.25) is 0 Å². The van der Waals surface area contributed by atoms with Crippen molar-refractivity contribution in [2.75, 3.05) is 4.90 Å². The highest BCUT2D eigenvalue weighted by Crippen LogP contribution is 2.38. The first-order chi connectivity index (χ1) is 23.2. The molecule has 1 aliphatic carbocycles. The van der Waals surface area contributed by atoms with Crippen molar-refractivity contribution < 1.29 is 0 Å². The first kappa shape index (κ1) is 28.8. The van der Waals surface area contributed by atoms with Gasteiger partial charge in [-0.25, -0.2) is 0 Å². The maximum absolute atomic E-state index is 2.38. The van der Waals surface area contributed by atoms with E-state index in [4.69, 9.17) is 0 Å². The summed E-state index contributed by atoms with van der Waals surface area (Å²) in [6, 6.07) is 49.1. The van der Waals surface area contributed by atoms with Crippen LogP contribution >= 0.6 is 0 Å². The van der Waals surface area contributed by atoms with E-state index in [1.807, 2.05) is 0 Å². The predicted octanol–water partition coefficient (Wildman–Crippen LogP) is 11.5. The molecule has 0 saturated carbocycles. The maximum Gasteiger partial charge on any atom is 0.0461 e. The van der Waals surface area contributed by atoms with Crippen LogP contribution in [-0.4, -0.2) is 0 Å². The molecule has 226 valence electrons. The number of hydrogen-bond donors (Lipinski definition) is 0. The number of nitrogens with zero attached hydrogens (tertiary/aromatic N) is 1. The second-order valence-electron chi connectivity index (χ2n) is 12.3. The van der Waals surface area contributed by atoms with E-state index in [0.29, 0.717) is 0 Å². The largest absolute Gasteiger partial charge is 0.311 e. The molecule has 0 aliphatic heterocycles. The molecule has 8 rings (SSSR count). The SMILES string of the molecule is C/C=c1/cccc(-c2ccc(N(C3=CCCC=C3)c3ccc(-c4ccc5c6ccccc6c6ccccc6c5c4)cc3)cc2)/c1=C/C. The van der Waals surface area contributed by atoms with Crippen molar-refractivity contribution >= 4 is 55.8 Å². The molecule has 1 heteroatoms. The van der Waals surface area contributed by atoms with E-state index in [1.54, 1.807) is 0 Å². The molecule has 1 nitrogen and oxygen atoms in total. The van der Waals surface area contributed by atoms with Crippen LogP contribution in [0.3, 0.4) is 0 Å². The summed E-state index contributed by atoms with van der Waals surface area (Å²) in [4.78, 5) is 2.38. The second kappa shape index (κ2) is 12.3. The summed E-state index contributed by atoms with van der Waals surface area (Å²) < 4.78 is 0. The van der Waals surface area contributed by atoms with Gasteiger partial charge >= 0.3 is 0 Å². The van der Waals surface area contributed by atoms with Gasteiger partial charge in [-0.2, -0.15) is 0 Å². The molecule has 7 aromatic carbocycles. The Morgan fingerprint density at radius 2 is 1.06 bits per heavy atom. The quantitative estimate of drug-likeness (QED) is 0.177. The van der Waals surface area contributed by atoms with Gasteiger partial charge in [0.25, 0.3) is 0 Å². The first-order valence-corrected chi connectivity index (χ1v) is 16.7. The third-order valence-corrected chi connectivity index (χ3v) is 9.61. The van der Waals surface area contributed by atoms with Gasteiger partial charge < -0.3 is 4.90 Å². The fraction of sp³-hybridized carbons (Fsp3) is 0.0870. The van der Waals surface area contributed by atoms with Gasteiger partial charge in [-0.1, -0.05) is 127 Å². The van der Waals surface area contributed by atoms with Gasteiger partial charge in [-0.3, -0.25) is 0 Å². The summed E-state index contributed by atoms with van der Waals surface area (Å²) in [6.45, 7) is 4.23. The first-order valence-electron chi connectivity index (χ1n) is 16.7. The van der Waals surface area contributed by atoms with E-state index in [9.17, 15) is 0 Å². The average Bonchev–Trinajstić information content (AvgIpc) is 3.15. The van der Waals surface area contributed by atoms with Crippen LogP contribution in [0.25, 0.3) is 66.7 Å². The van der Waals surface area contributed by atoms with E-state index >= 15 is 0 Å². The molecule has 0 saturated heterocycles. The van der Waals surface area contributed by atoms with Crippen molar-refractivity contribution in [2.45, 2.75) is 26.7 Å². The zero-order chi connectivity index (χ0) is 31.7. The number of benzene rings is 7. The van der Waals surface area contributed by atoms with Crippen molar-refractivity contribution in [2.24, 2.45) is 0 Å². The molecule has 7 aromatic rings. The van der Waals surface area contributed by atoms with Crippen LogP contribution in [0.15, 0.2) is 157 Å². The summed E-state index contributed by atoms with van der Waals surface area (Å²) in [7, 11) is 0. The fourth-order valence-corrected chi connectivity index (χ4v) is 7.30. The smallest absolute Gasteiger partial charge is 0.0461 e. The van der Waals surface area contributed by atoms with E-state index in [1.165, 1.54) is 70.7 Å². The number of hydrogen-bond acceptors (Lipinski definition) is 1. The third kappa shape index (κ3) is 5.15. The van der Waals surface area contributed by atoms with Gasteiger partial charge in [0.1, 0.15) is 0 Å². The lowest BCUT2D eigenvalue weighted by Gasteiger charge is -2.28. The van der Waals surface area contributed by atoms with E-state index < -0.39 is 0 Å². The third-order valence-electron chi connectivity index (χ3n) is 9.61. The minimum Gasteiger partial charge on any atom is -0.311 e. The molecule has 0 atom stereocenters. The Morgan fingerprint density at radius 3 is 1.64 bits per heavy atom. The Kier molecular flexibility index (Phi) is 7.51. The Labute approximate surface area is 276 Å². The zero-order valence-electron chi connectivity index (χ0n) is 26.9. The molecule has 1 aliphatic rings. The Bertz CT molecular complexity index is 2420. The zero-order valence-corrected chi connectivity index (χ0v) is 26.9. The Hall–Kier alpha value is -5.66. The molecule has 0 bridgehead atoms. The summed E-state index contributed by atoms with van der Waals surface area (Å²) in [5.74, 6) is 0. The Morgan fingerprint density at radius 1 is 0.489 bits per heavy atom. The van der Waals surface area contributed by atoms with Gasteiger partial charge in [0.15, 0.2) is 0 Å². The lowest BCUT2D eigenvalue weighted by atomic mass is 9.92. The standard InChI is InChI=1S/C46H37N/c1-3-32-13-12-20-40(39(32)4-2)34-23-28-38(29-24-34)47(36-14-6-5-7-15-36)37-26-21-33(22-27-37)35-25-30-45-43-18-9-8-16-41(43)42-17-10-11-19-44(42)46(45)31-35/h3-4,6,8-31H,5,7H2,1-2H3/b32-3-,39-4+. The Balaban J connectivity index is 1.19. The van der Waals surface area contributed by atoms with Crippen LogP contribution in [0.1, 0.15) is 26.7 Å². The molecular weight excluding hydrogens is 567 g/mol. The lowest BCUT2D eigenvalue weighted by Crippen LogP contribution is -2.25. The van der Waals surface area contributed by atoms with Crippen molar-refractivity contribution in [1.82, 2.24) is 0 Å². The van der Waals surface area contributed by atoms with Gasteiger partial charge in [-0.15, -0.1) is 0 Å². The van der Waals surface area contributed by atoms with Crippen LogP contribution in [0, 0.1) is 0 Å². The molecule has 0 spiro atoms. The van der Waals surface area contributed by atoms with Gasteiger partial charge in [0.2, 0.25) is 0 Å². The molecule has 0 radical (unpaired) electrons.